The summed E-state index contributed by atoms with van der Waals surface area (Å²) in [5.41, 5.74) is 5.64. The SMILES string of the molecule is CC1(C)O[C@@H](Cn2cnc3c(N)ncnc32)C(CO)(CO)O1. The maximum absolute atomic E-state index is 9.67. The first-order valence-electron chi connectivity index (χ1n) is 6.92. The molecule has 0 saturated carbocycles. The van der Waals surface area contributed by atoms with Gasteiger partial charge in [-0.25, -0.2) is 15.0 Å². The van der Waals surface area contributed by atoms with Crippen LogP contribution in [0.25, 0.3) is 11.2 Å². The van der Waals surface area contributed by atoms with E-state index in [-0.39, 0.29) is 13.2 Å². The summed E-state index contributed by atoms with van der Waals surface area (Å²) >= 11 is 0. The van der Waals surface area contributed by atoms with Crippen LogP contribution in [0.5, 0.6) is 0 Å². The van der Waals surface area contributed by atoms with Gasteiger partial charge in [0, 0.05) is 0 Å². The Morgan fingerprint density at radius 1 is 1.27 bits per heavy atom. The summed E-state index contributed by atoms with van der Waals surface area (Å²) in [7, 11) is 0. The van der Waals surface area contributed by atoms with Gasteiger partial charge in [0.25, 0.3) is 0 Å². The molecular formula is C13H19N5O4. The topological polar surface area (TPSA) is 129 Å². The van der Waals surface area contributed by atoms with Crippen molar-refractivity contribution in [3.63, 3.8) is 0 Å². The maximum atomic E-state index is 9.67. The molecule has 1 aliphatic heterocycles. The summed E-state index contributed by atoms with van der Waals surface area (Å²) in [5.74, 6) is -0.608. The van der Waals surface area contributed by atoms with Crippen LogP contribution in [0.2, 0.25) is 0 Å². The molecule has 22 heavy (non-hydrogen) atoms. The summed E-state index contributed by atoms with van der Waals surface area (Å²) in [6.45, 7) is 3.05. The fourth-order valence-electron chi connectivity index (χ4n) is 2.76. The highest BCUT2D eigenvalue weighted by Gasteiger charge is 2.53. The third-order valence-corrected chi connectivity index (χ3v) is 3.79. The van der Waals surface area contributed by atoms with Gasteiger partial charge >= 0.3 is 0 Å². The molecule has 1 fully saturated rings. The van der Waals surface area contributed by atoms with Gasteiger partial charge < -0.3 is 30.0 Å². The van der Waals surface area contributed by atoms with Gasteiger partial charge in [-0.05, 0) is 13.8 Å². The summed E-state index contributed by atoms with van der Waals surface area (Å²) in [6, 6.07) is 0. The number of nitrogens with zero attached hydrogens (tertiary/aromatic N) is 4. The Hall–Kier alpha value is -1.81. The van der Waals surface area contributed by atoms with Gasteiger partial charge in [-0.3, -0.25) is 0 Å². The van der Waals surface area contributed by atoms with Crippen molar-refractivity contribution in [1.82, 2.24) is 19.5 Å². The van der Waals surface area contributed by atoms with E-state index in [0.29, 0.717) is 23.5 Å². The van der Waals surface area contributed by atoms with E-state index in [0.717, 1.165) is 0 Å². The van der Waals surface area contributed by atoms with Crippen LogP contribution in [-0.4, -0.2) is 60.4 Å². The highest BCUT2D eigenvalue weighted by Crippen LogP contribution is 2.37. The molecule has 120 valence electrons. The van der Waals surface area contributed by atoms with Crippen LogP contribution in [0, 0.1) is 0 Å². The first kappa shape index (κ1) is 15.1. The standard InChI is InChI=1S/C13H19N5O4/c1-12(2)21-8(13(4-19,5-20)22-12)3-18-7-17-9-10(14)15-6-16-11(9)18/h6-8,19-20H,3-5H2,1-2H3,(H2,14,15,16)/t8-/m0/s1. The van der Waals surface area contributed by atoms with E-state index in [2.05, 4.69) is 15.0 Å². The number of aliphatic hydroxyl groups is 2. The number of imidazole rings is 1. The van der Waals surface area contributed by atoms with Gasteiger partial charge in [0.2, 0.25) is 0 Å². The molecule has 3 heterocycles. The average Bonchev–Trinajstić information content (AvgIpc) is 2.99. The molecule has 1 saturated heterocycles. The third kappa shape index (κ3) is 2.31. The zero-order valence-corrected chi connectivity index (χ0v) is 12.4. The number of fused-ring (bicyclic) bond motifs is 1. The number of aromatic nitrogens is 4. The first-order chi connectivity index (χ1) is 10.4. The molecular weight excluding hydrogens is 290 g/mol. The first-order valence-corrected chi connectivity index (χ1v) is 6.92. The van der Waals surface area contributed by atoms with Crippen LogP contribution in [0.15, 0.2) is 12.7 Å². The summed E-state index contributed by atoms with van der Waals surface area (Å²) in [6.07, 6.45) is 2.37. The quantitative estimate of drug-likeness (QED) is 0.675. The van der Waals surface area contributed by atoms with Crippen molar-refractivity contribution in [2.24, 2.45) is 0 Å². The molecule has 9 nitrogen and oxygen atoms in total. The lowest BCUT2D eigenvalue weighted by atomic mass is 9.99. The summed E-state index contributed by atoms with van der Waals surface area (Å²) in [5, 5.41) is 19.3. The Kier molecular flexibility index (Phi) is 3.52. The number of hydrogen-bond donors (Lipinski definition) is 3. The zero-order valence-electron chi connectivity index (χ0n) is 12.4. The predicted octanol–water partition coefficient (Wildman–Crippen LogP) is -0.717. The second-order valence-electron chi connectivity index (χ2n) is 5.82. The third-order valence-electron chi connectivity index (χ3n) is 3.79. The maximum Gasteiger partial charge on any atom is 0.165 e. The number of aliphatic hydroxyl groups excluding tert-OH is 2. The van der Waals surface area contributed by atoms with Crippen molar-refractivity contribution in [3.8, 4) is 0 Å². The minimum absolute atomic E-state index is 0.295. The van der Waals surface area contributed by atoms with Crippen molar-refractivity contribution in [1.29, 1.82) is 0 Å². The van der Waals surface area contributed by atoms with Gasteiger partial charge in [-0.2, -0.15) is 0 Å². The highest BCUT2D eigenvalue weighted by molar-refractivity contribution is 5.81. The van der Waals surface area contributed by atoms with Crippen LogP contribution in [0.4, 0.5) is 5.82 Å². The lowest BCUT2D eigenvalue weighted by molar-refractivity contribution is -0.178. The Labute approximate surface area is 126 Å². The van der Waals surface area contributed by atoms with Crippen molar-refractivity contribution >= 4 is 17.0 Å². The molecule has 0 radical (unpaired) electrons. The fourth-order valence-corrected chi connectivity index (χ4v) is 2.76. The molecule has 0 aromatic carbocycles. The second-order valence-corrected chi connectivity index (χ2v) is 5.82. The molecule has 1 atom stereocenters. The Morgan fingerprint density at radius 3 is 2.68 bits per heavy atom. The average molecular weight is 309 g/mol. The predicted molar refractivity (Wildman–Crippen MR) is 76.7 cm³/mol. The zero-order chi connectivity index (χ0) is 16.0. The molecule has 1 aliphatic rings. The monoisotopic (exact) mass is 309 g/mol. The molecule has 0 spiro atoms. The lowest BCUT2D eigenvalue weighted by Gasteiger charge is -2.29. The molecule has 0 amide bonds. The van der Waals surface area contributed by atoms with E-state index in [1.165, 1.54) is 6.33 Å². The van der Waals surface area contributed by atoms with E-state index in [1.807, 2.05) is 0 Å². The highest BCUT2D eigenvalue weighted by atomic mass is 16.8. The van der Waals surface area contributed by atoms with Crippen LogP contribution < -0.4 is 5.73 Å². The second kappa shape index (κ2) is 5.13. The van der Waals surface area contributed by atoms with Crippen LogP contribution in [0.1, 0.15) is 13.8 Å². The number of hydrogen-bond acceptors (Lipinski definition) is 8. The van der Waals surface area contributed by atoms with Gasteiger partial charge in [-0.1, -0.05) is 0 Å². The number of rotatable bonds is 4. The molecule has 9 heteroatoms. The molecule has 0 unspecified atom stereocenters. The molecule has 0 aliphatic carbocycles. The Balaban J connectivity index is 1.95. The van der Waals surface area contributed by atoms with Gasteiger partial charge in [-0.15, -0.1) is 0 Å². The minimum Gasteiger partial charge on any atom is -0.393 e. The van der Waals surface area contributed by atoms with Crippen LogP contribution >= 0.6 is 0 Å². The van der Waals surface area contributed by atoms with E-state index in [4.69, 9.17) is 15.2 Å². The number of nitrogens with two attached hydrogens (primary N) is 1. The van der Waals surface area contributed by atoms with Crippen molar-refractivity contribution < 1.29 is 19.7 Å². The van der Waals surface area contributed by atoms with Crippen molar-refractivity contribution in [2.45, 2.75) is 37.9 Å². The van der Waals surface area contributed by atoms with E-state index < -0.39 is 17.5 Å². The van der Waals surface area contributed by atoms with Gasteiger partial charge in [0.15, 0.2) is 17.3 Å². The fraction of sp³-hybridized carbons (Fsp3) is 0.615. The smallest absolute Gasteiger partial charge is 0.165 e. The number of anilines is 1. The summed E-state index contributed by atoms with van der Waals surface area (Å²) < 4.78 is 13.3. The largest absolute Gasteiger partial charge is 0.393 e. The van der Waals surface area contributed by atoms with E-state index in [1.54, 1.807) is 24.7 Å². The van der Waals surface area contributed by atoms with Gasteiger partial charge in [0.1, 0.15) is 23.5 Å². The molecule has 2 aromatic rings. The Bertz CT molecular complexity index is 682. The lowest BCUT2D eigenvalue weighted by Crippen LogP contribution is -2.49. The van der Waals surface area contributed by atoms with E-state index >= 15 is 0 Å². The van der Waals surface area contributed by atoms with Crippen LogP contribution in [0.3, 0.4) is 0 Å². The number of nitrogen functional groups attached to an aromatic ring is 1. The summed E-state index contributed by atoms with van der Waals surface area (Å²) in [4.78, 5) is 12.2. The van der Waals surface area contributed by atoms with Crippen molar-refractivity contribution in [3.05, 3.63) is 12.7 Å². The van der Waals surface area contributed by atoms with Crippen LogP contribution in [-0.2, 0) is 16.0 Å². The van der Waals surface area contributed by atoms with Crippen molar-refractivity contribution in [2.75, 3.05) is 18.9 Å². The number of ether oxygens (including phenoxy) is 2. The molecule has 2 aromatic heterocycles. The normalized spacial score (nSPS) is 23.2. The minimum atomic E-state index is -1.18. The van der Waals surface area contributed by atoms with Gasteiger partial charge in [0.05, 0.1) is 26.1 Å². The molecule has 0 bridgehead atoms. The Morgan fingerprint density at radius 2 is 2.00 bits per heavy atom. The molecule has 3 rings (SSSR count). The van der Waals surface area contributed by atoms with E-state index in [9.17, 15) is 10.2 Å². The molecule has 4 N–H and O–H groups in total.